The monoisotopic (exact) mass is 421 g/mol. The van der Waals surface area contributed by atoms with Crippen LogP contribution >= 0.6 is 22.6 Å². The molecule has 0 aliphatic heterocycles. The summed E-state index contributed by atoms with van der Waals surface area (Å²) in [5, 5.41) is 9.69. The summed E-state index contributed by atoms with van der Waals surface area (Å²) in [6.07, 6.45) is 12.2. The highest BCUT2D eigenvalue weighted by molar-refractivity contribution is 14.1. The maximum Gasteiger partial charge on any atom is 0.100 e. The second-order valence-corrected chi connectivity index (χ2v) is 8.12. The standard InChI is InChI=1S/C21H28IN/c1-16-9-11-19(12-10-18-7-5-3-4-6-8-18)21(15-23)17(2)20(16)13-14-22/h11,16,18,20H,3-9,13-14H2,1-2H3. The summed E-state index contributed by atoms with van der Waals surface area (Å²) in [6, 6.07) is 2.46. The molecule has 0 bridgehead atoms. The van der Waals surface area contributed by atoms with Gasteiger partial charge in [0.1, 0.15) is 6.07 Å². The van der Waals surface area contributed by atoms with Crippen LogP contribution in [0.1, 0.15) is 65.2 Å². The summed E-state index contributed by atoms with van der Waals surface area (Å²) in [6.45, 7) is 4.46. The summed E-state index contributed by atoms with van der Waals surface area (Å²) in [5.41, 5.74) is 3.11. The van der Waals surface area contributed by atoms with E-state index in [1.54, 1.807) is 0 Å². The van der Waals surface area contributed by atoms with Crippen molar-refractivity contribution in [3.8, 4) is 17.9 Å². The molecule has 0 aromatic rings. The quantitative estimate of drug-likeness (QED) is 0.225. The van der Waals surface area contributed by atoms with E-state index in [4.69, 9.17) is 0 Å². The Morgan fingerprint density at radius 3 is 2.52 bits per heavy atom. The first kappa shape index (κ1) is 18.6. The van der Waals surface area contributed by atoms with Crippen LogP contribution in [0.4, 0.5) is 0 Å². The Balaban J connectivity index is 2.25. The Labute approximate surface area is 155 Å². The molecular weight excluding hydrogens is 393 g/mol. The molecule has 2 unspecified atom stereocenters. The van der Waals surface area contributed by atoms with E-state index in [1.165, 1.54) is 44.1 Å². The molecule has 1 nitrogen and oxygen atoms in total. The van der Waals surface area contributed by atoms with Crippen LogP contribution in [0, 0.1) is 40.9 Å². The molecule has 0 aromatic carbocycles. The van der Waals surface area contributed by atoms with Gasteiger partial charge in [-0.15, -0.1) is 0 Å². The minimum Gasteiger partial charge on any atom is -0.192 e. The molecule has 0 heterocycles. The van der Waals surface area contributed by atoms with E-state index in [1.807, 2.05) is 0 Å². The van der Waals surface area contributed by atoms with Crippen molar-refractivity contribution in [2.75, 3.05) is 4.43 Å². The number of nitrogens with zero attached hydrogens (tertiary/aromatic N) is 1. The lowest BCUT2D eigenvalue weighted by Crippen LogP contribution is -2.13. The fourth-order valence-corrected chi connectivity index (χ4v) is 4.55. The van der Waals surface area contributed by atoms with E-state index in [0.29, 0.717) is 17.8 Å². The van der Waals surface area contributed by atoms with Gasteiger partial charge in [-0.3, -0.25) is 0 Å². The third kappa shape index (κ3) is 5.12. The minimum atomic E-state index is 0.523. The Morgan fingerprint density at radius 1 is 1.22 bits per heavy atom. The maximum absolute atomic E-state index is 9.69. The van der Waals surface area contributed by atoms with Crippen molar-refractivity contribution in [1.29, 1.82) is 5.26 Å². The van der Waals surface area contributed by atoms with Crippen molar-refractivity contribution in [2.24, 2.45) is 17.8 Å². The maximum atomic E-state index is 9.69. The molecule has 124 valence electrons. The molecule has 0 aromatic heterocycles. The summed E-state index contributed by atoms with van der Waals surface area (Å²) in [7, 11) is 0. The van der Waals surface area contributed by atoms with Gasteiger partial charge in [-0.25, -0.2) is 0 Å². The second kappa shape index (κ2) is 9.53. The summed E-state index contributed by atoms with van der Waals surface area (Å²) < 4.78 is 1.14. The van der Waals surface area contributed by atoms with E-state index in [9.17, 15) is 5.26 Å². The van der Waals surface area contributed by atoms with Crippen LogP contribution in [0.3, 0.4) is 0 Å². The Bertz CT molecular complexity index is 559. The zero-order valence-electron chi connectivity index (χ0n) is 14.5. The average molecular weight is 421 g/mol. The topological polar surface area (TPSA) is 23.8 Å². The van der Waals surface area contributed by atoms with Gasteiger partial charge in [-0.05, 0) is 44.4 Å². The summed E-state index contributed by atoms with van der Waals surface area (Å²) in [4.78, 5) is 0. The fraction of sp³-hybridized carbons (Fsp3) is 0.667. The van der Waals surface area contributed by atoms with E-state index in [-0.39, 0.29) is 0 Å². The van der Waals surface area contributed by atoms with Crippen molar-refractivity contribution < 1.29 is 0 Å². The molecule has 2 aliphatic rings. The molecule has 2 atom stereocenters. The summed E-state index contributed by atoms with van der Waals surface area (Å²) >= 11 is 2.45. The Kier molecular flexibility index (Phi) is 7.71. The average Bonchev–Trinajstić information content (AvgIpc) is 2.87. The van der Waals surface area contributed by atoms with Crippen LogP contribution in [0.5, 0.6) is 0 Å². The number of hydrogen-bond donors (Lipinski definition) is 0. The normalized spacial score (nSPS) is 26.4. The zero-order chi connectivity index (χ0) is 16.7. The lowest BCUT2D eigenvalue weighted by Gasteiger charge is -2.22. The molecule has 1 saturated carbocycles. The molecule has 0 saturated heterocycles. The van der Waals surface area contributed by atoms with Gasteiger partial charge in [-0.1, -0.05) is 78.7 Å². The Morgan fingerprint density at radius 2 is 1.91 bits per heavy atom. The lowest BCUT2D eigenvalue weighted by atomic mass is 9.83. The van der Waals surface area contributed by atoms with E-state index in [2.05, 4.69) is 60.4 Å². The number of rotatable bonds is 2. The molecule has 2 aliphatic carbocycles. The van der Waals surface area contributed by atoms with Crippen LogP contribution in [0.2, 0.25) is 0 Å². The highest BCUT2D eigenvalue weighted by atomic mass is 127. The van der Waals surface area contributed by atoms with E-state index in [0.717, 1.165) is 28.4 Å². The van der Waals surface area contributed by atoms with Gasteiger partial charge < -0.3 is 0 Å². The Hall–Kier alpha value is -0.740. The first-order chi connectivity index (χ1) is 11.2. The SMILES string of the molecule is CC1=C(C#N)C(C#CC2CCCCCC2)=CCC(C)C1CCI. The highest BCUT2D eigenvalue weighted by Crippen LogP contribution is 2.35. The smallest absolute Gasteiger partial charge is 0.100 e. The van der Waals surface area contributed by atoms with Crippen molar-refractivity contribution in [3.63, 3.8) is 0 Å². The second-order valence-electron chi connectivity index (χ2n) is 7.04. The van der Waals surface area contributed by atoms with Crippen molar-refractivity contribution in [2.45, 2.75) is 65.2 Å². The summed E-state index contributed by atoms with van der Waals surface area (Å²) in [5.74, 6) is 8.56. The van der Waals surface area contributed by atoms with Crippen LogP contribution in [-0.4, -0.2) is 4.43 Å². The first-order valence-electron chi connectivity index (χ1n) is 9.06. The number of halogens is 1. The van der Waals surface area contributed by atoms with E-state index < -0.39 is 0 Å². The van der Waals surface area contributed by atoms with Crippen LogP contribution in [0.15, 0.2) is 22.8 Å². The number of alkyl halides is 1. The van der Waals surface area contributed by atoms with Crippen molar-refractivity contribution in [1.82, 2.24) is 0 Å². The van der Waals surface area contributed by atoms with E-state index >= 15 is 0 Å². The fourth-order valence-electron chi connectivity index (χ4n) is 3.88. The molecular formula is C21H28IN. The molecule has 2 heteroatoms. The van der Waals surface area contributed by atoms with Gasteiger partial charge in [0, 0.05) is 15.9 Å². The molecule has 23 heavy (non-hydrogen) atoms. The predicted octanol–water partition coefficient (Wildman–Crippen LogP) is 6.21. The number of nitriles is 1. The first-order valence-corrected chi connectivity index (χ1v) is 10.6. The van der Waals surface area contributed by atoms with Gasteiger partial charge in [0.25, 0.3) is 0 Å². The van der Waals surface area contributed by atoms with Gasteiger partial charge in [-0.2, -0.15) is 5.26 Å². The van der Waals surface area contributed by atoms with Crippen molar-refractivity contribution >= 4 is 22.6 Å². The van der Waals surface area contributed by atoms with Gasteiger partial charge >= 0.3 is 0 Å². The van der Waals surface area contributed by atoms with Crippen LogP contribution in [-0.2, 0) is 0 Å². The van der Waals surface area contributed by atoms with Gasteiger partial charge in [0.05, 0.1) is 5.57 Å². The van der Waals surface area contributed by atoms with Crippen molar-refractivity contribution in [3.05, 3.63) is 22.8 Å². The molecule has 0 spiro atoms. The number of allylic oxidation sites excluding steroid dienone is 4. The molecule has 0 amide bonds. The van der Waals surface area contributed by atoms with Gasteiger partial charge in [0.15, 0.2) is 0 Å². The minimum absolute atomic E-state index is 0.523. The molecule has 0 N–H and O–H groups in total. The lowest BCUT2D eigenvalue weighted by molar-refractivity contribution is 0.408. The van der Waals surface area contributed by atoms with Crippen LogP contribution < -0.4 is 0 Å². The molecule has 0 radical (unpaired) electrons. The highest BCUT2D eigenvalue weighted by Gasteiger charge is 2.24. The third-order valence-electron chi connectivity index (χ3n) is 5.40. The molecule has 1 fully saturated rings. The molecule has 2 rings (SSSR count). The zero-order valence-corrected chi connectivity index (χ0v) is 16.7. The van der Waals surface area contributed by atoms with Gasteiger partial charge in [0.2, 0.25) is 0 Å². The van der Waals surface area contributed by atoms with Crippen LogP contribution in [0.25, 0.3) is 0 Å². The third-order valence-corrected chi connectivity index (χ3v) is 6.02. The largest absolute Gasteiger partial charge is 0.192 e. The predicted molar refractivity (Wildman–Crippen MR) is 106 cm³/mol. The number of hydrogen-bond acceptors (Lipinski definition) is 1.